The van der Waals surface area contributed by atoms with Crippen LogP contribution in [0.3, 0.4) is 0 Å². The molecule has 1 saturated heterocycles. The van der Waals surface area contributed by atoms with E-state index in [0.29, 0.717) is 44.5 Å². The summed E-state index contributed by atoms with van der Waals surface area (Å²) in [6, 6.07) is 21.6. The van der Waals surface area contributed by atoms with Crippen molar-refractivity contribution in [3.05, 3.63) is 106 Å². The zero-order chi connectivity index (χ0) is 32.1. The number of nitrogens with one attached hydrogen (secondary N) is 1. The fourth-order valence-electron chi connectivity index (χ4n) is 6.05. The van der Waals surface area contributed by atoms with Crippen molar-refractivity contribution in [2.75, 3.05) is 33.3 Å². The van der Waals surface area contributed by atoms with Crippen LogP contribution in [0.4, 0.5) is 13.2 Å². The monoisotopic (exact) mass is 639 g/mol. The molecule has 2 aliphatic heterocycles. The molecule has 0 aromatic heterocycles. The van der Waals surface area contributed by atoms with Crippen molar-refractivity contribution in [3.8, 4) is 5.75 Å². The molecule has 2 amide bonds. The van der Waals surface area contributed by atoms with Crippen molar-refractivity contribution in [3.63, 3.8) is 0 Å². The van der Waals surface area contributed by atoms with Gasteiger partial charge < -0.3 is 19.9 Å². The number of fused-ring (bicyclic) bond motifs is 2. The molecule has 2 atom stereocenters. The standard InChI is InChI=1S/C35H37ClF3N3O3/c1-23(43)42-21-27-20-28(32(30(22-42)40-27)34(44)41(2)18-17-24-8-4-3-5-9-24)26-15-13-25(14-16-26)10-7-19-45-31-12-6-11-29(33(31)36)35(37,38)39/h3-6,8-9,11-16,27,30,40H,7,10,17-22H2,1-2H3. The Morgan fingerprint density at radius 1 is 0.978 bits per heavy atom. The SMILES string of the molecule is CC(=O)N1CC2CC(c3ccc(CCCOc4cccc(C(F)(F)F)c4Cl)cc3)=C(C(=O)N(C)CCc3ccccc3)C(C1)N2. The fraction of sp³-hybridized carbons (Fsp3) is 0.371. The van der Waals surface area contributed by atoms with E-state index in [2.05, 4.69) is 17.4 Å². The maximum atomic E-state index is 14.0. The number of alkyl halides is 3. The van der Waals surface area contributed by atoms with Crippen molar-refractivity contribution in [1.82, 2.24) is 15.1 Å². The lowest BCUT2D eigenvalue weighted by molar-refractivity contribution is -0.137. The van der Waals surface area contributed by atoms with E-state index in [9.17, 15) is 22.8 Å². The molecule has 10 heteroatoms. The number of benzene rings is 3. The summed E-state index contributed by atoms with van der Waals surface area (Å²) in [6.45, 7) is 3.38. The molecule has 0 saturated carbocycles. The molecule has 5 rings (SSSR count). The highest BCUT2D eigenvalue weighted by molar-refractivity contribution is 6.32. The van der Waals surface area contributed by atoms with Gasteiger partial charge in [0.2, 0.25) is 5.91 Å². The predicted octanol–water partition coefficient (Wildman–Crippen LogP) is 6.42. The van der Waals surface area contributed by atoms with Crippen LogP contribution in [0, 0.1) is 0 Å². The first-order valence-corrected chi connectivity index (χ1v) is 15.5. The Morgan fingerprint density at radius 2 is 1.69 bits per heavy atom. The Hall–Kier alpha value is -3.82. The maximum Gasteiger partial charge on any atom is 0.417 e. The molecule has 45 heavy (non-hydrogen) atoms. The average Bonchev–Trinajstić information content (AvgIpc) is 3.02. The minimum absolute atomic E-state index is 0.00263. The third kappa shape index (κ3) is 7.89. The second-order valence-electron chi connectivity index (χ2n) is 11.7. The summed E-state index contributed by atoms with van der Waals surface area (Å²) in [5.41, 5.74) is 3.96. The lowest BCUT2D eigenvalue weighted by Gasteiger charge is -2.44. The molecule has 1 N–H and O–H groups in total. The van der Waals surface area contributed by atoms with Gasteiger partial charge in [0.15, 0.2) is 0 Å². The largest absolute Gasteiger partial charge is 0.492 e. The van der Waals surface area contributed by atoms with Gasteiger partial charge in [0.05, 0.1) is 23.2 Å². The Morgan fingerprint density at radius 3 is 2.38 bits per heavy atom. The number of carbonyl (C=O) groups excluding carboxylic acids is 2. The number of likely N-dealkylation sites (N-methyl/N-ethyl adjacent to an activating group) is 1. The van der Waals surface area contributed by atoms with Gasteiger partial charge in [-0.15, -0.1) is 0 Å². The van der Waals surface area contributed by atoms with E-state index in [-0.39, 0.29) is 36.3 Å². The topological polar surface area (TPSA) is 61.9 Å². The smallest absolute Gasteiger partial charge is 0.417 e. The Bertz CT molecular complexity index is 1540. The molecule has 0 spiro atoms. The molecular formula is C35H37ClF3N3O3. The molecule has 6 nitrogen and oxygen atoms in total. The molecule has 3 aromatic carbocycles. The number of amides is 2. The van der Waals surface area contributed by atoms with Crippen LogP contribution in [0.15, 0.2) is 78.4 Å². The number of rotatable bonds is 10. The van der Waals surface area contributed by atoms with Gasteiger partial charge >= 0.3 is 6.18 Å². The van der Waals surface area contributed by atoms with Crippen molar-refractivity contribution in [2.24, 2.45) is 0 Å². The van der Waals surface area contributed by atoms with Crippen LogP contribution in [0.1, 0.15) is 42.0 Å². The van der Waals surface area contributed by atoms with Crippen LogP contribution in [0.2, 0.25) is 5.02 Å². The molecule has 2 bridgehead atoms. The number of nitrogens with zero attached hydrogens (tertiary/aromatic N) is 2. The number of ether oxygens (including phenoxy) is 1. The maximum absolute atomic E-state index is 14.0. The van der Waals surface area contributed by atoms with Crippen LogP contribution in [0.5, 0.6) is 5.75 Å². The summed E-state index contributed by atoms with van der Waals surface area (Å²) in [6.07, 6.45) is -1.94. The summed E-state index contributed by atoms with van der Waals surface area (Å²) in [5.74, 6) is -0.0286. The van der Waals surface area contributed by atoms with E-state index in [1.807, 2.05) is 54.4 Å². The van der Waals surface area contributed by atoms with Crippen molar-refractivity contribution < 1.29 is 27.5 Å². The Kier molecular flexibility index (Phi) is 10.2. The van der Waals surface area contributed by atoms with Crippen LogP contribution >= 0.6 is 11.6 Å². The second-order valence-corrected chi connectivity index (χ2v) is 12.0. The zero-order valence-corrected chi connectivity index (χ0v) is 26.1. The molecule has 2 unspecified atom stereocenters. The van der Waals surface area contributed by atoms with Crippen molar-refractivity contribution >= 4 is 29.0 Å². The summed E-state index contributed by atoms with van der Waals surface area (Å²) in [5, 5.41) is 3.15. The van der Waals surface area contributed by atoms with E-state index in [1.165, 1.54) is 12.1 Å². The van der Waals surface area contributed by atoms with Gasteiger partial charge in [-0.1, -0.05) is 72.3 Å². The first-order chi connectivity index (χ1) is 21.5. The lowest BCUT2D eigenvalue weighted by Crippen LogP contribution is -2.61. The summed E-state index contributed by atoms with van der Waals surface area (Å²) in [4.78, 5) is 29.8. The van der Waals surface area contributed by atoms with Crippen molar-refractivity contribution in [1.29, 1.82) is 0 Å². The quantitative estimate of drug-likeness (QED) is 0.260. The highest BCUT2D eigenvalue weighted by Crippen LogP contribution is 2.39. The molecule has 2 aliphatic rings. The van der Waals surface area contributed by atoms with Crippen LogP contribution < -0.4 is 10.1 Å². The molecule has 0 radical (unpaired) electrons. The third-order valence-corrected chi connectivity index (χ3v) is 8.83. The normalized spacial score (nSPS) is 18.1. The molecule has 0 aliphatic carbocycles. The van der Waals surface area contributed by atoms with Crippen LogP contribution in [-0.4, -0.2) is 67.0 Å². The van der Waals surface area contributed by atoms with Gasteiger partial charge in [0, 0.05) is 45.2 Å². The zero-order valence-electron chi connectivity index (χ0n) is 25.4. The average molecular weight is 640 g/mol. The van der Waals surface area contributed by atoms with Crippen LogP contribution in [-0.2, 0) is 28.6 Å². The number of hydrogen-bond donors (Lipinski definition) is 1. The van der Waals surface area contributed by atoms with E-state index < -0.39 is 16.8 Å². The van der Waals surface area contributed by atoms with Crippen LogP contribution in [0.25, 0.3) is 5.57 Å². The highest BCUT2D eigenvalue weighted by atomic mass is 35.5. The number of aryl methyl sites for hydroxylation is 1. The van der Waals surface area contributed by atoms with E-state index in [1.54, 1.807) is 11.8 Å². The number of halogens is 4. The van der Waals surface area contributed by atoms with E-state index in [0.717, 1.165) is 34.8 Å². The number of carbonyl (C=O) groups is 2. The number of piperazine rings is 1. The van der Waals surface area contributed by atoms with Crippen molar-refractivity contribution in [2.45, 2.75) is 50.9 Å². The van der Waals surface area contributed by atoms with Gasteiger partial charge in [-0.3, -0.25) is 9.59 Å². The summed E-state index contributed by atoms with van der Waals surface area (Å²) in [7, 11) is 1.82. The minimum Gasteiger partial charge on any atom is -0.492 e. The molecule has 1 fully saturated rings. The fourth-order valence-corrected chi connectivity index (χ4v) is 6.33. The van der Waals surface area contributed by atoms with E-state index >= 15 is 0 Å². The van der Waals surface area contributed by atoms with E-state index in [4.69, 9.17) is 16.3 Å². The van der Waals surface area contributed by atoms with Gasteiger partial charge in [-0.05, 0) is 60.1 Å². The first kappa shape index (κ1) is 32.6. The van der Waals surface area contributed by atoms with Gasteiger partial charge in [-0.25, -0.2) is 0 Å². The number of hydrogen-bond acceptors (Lipinski definition) is 4. The molecular weight excluding hydrogens is 603 g/mol. The first-order valence-electron chi connectivity index (χ1n) is 15.1. The second kappa shape index (κ2) is 14.1. The van der Waals surface area contributed by atoms with Gasteiger partial charge in [-0.2, -0.15) is 13.2 Å². The Balaban J connectivity index is 1.29. The lowest BCUT2D eigenvalue weighted by atomic mass is 9.82. The Labute approximate surface area is 266 Å². The van der Waals surface area contributed by atoms with Gasteiger partial charge in [0.1, 0.15) is 5.75 Å². The third-order valence-electron chi connectivity index (χ3n) is 8.44. The minimum atomic E-state index is -4.55. The summed E-state index contributed by atoms with van der Waals surface area (Å²) >= 11 is 5.94. The predicted molar refractivity (Wildman–Crippen MR) is 169 cm³/mol. The molecule has 238 valence electrons. The van der Waals surface area contributed by atoms with Gasteiger partial charge in [0.25, 0.3) is 5.91 Å². The summed E-state index contributed by atoms with van der Waals surface area (Å²) < 4.78 is 45.0. The molecule has 2 heterocycles. The molecule has 3 aromatic rings. The highest BCUT2D eigenvalue weighted by Gasteiger charge is 2.40.